The van der Waals surface area contributed by atoms with Crippen molar-refractivity contribution in [3.8, 4) is 0 Å². The Balaban J connectivity index is 2.19. The SMILES string of the molecule is CCCNC(=O)CNC(=O)N1CCN(CCC(=O)O)CC1. The number of carboxylic acid groups (broad SMARTS) is 1. The van der Waals surface area contributed by atoms with Crippen LogP contribution >= 0.6 is 0 Å². The summed E-state index contributed by atoms with van der Waals surface area (Å²) < 4.78 is 0. The Hall–Kier alpha value is -1.83. The molecule has 0 aliphatic carbocycles. The molecule has 0 bridgehead atoms. The van der Waals surface area contributed by atoms with Gasteiger partial charge in [-0.1, -0.05) is 6.92 Å². The quantitative estimate of drug-likeness (QED) is 0.578. The molecule has 0 atom stereocenters. The first-order valence-electron chi connectivity index (χ1n) is 7.26. The zero-order valence-electron chi connectivity index (χ0n) is 12.4. The Labute approximate surface area is 124 Å². The Morgan fingerprint density at radius 3 is 2.33 bits per heavy atom. The fourth-order valence-corrected chi connectivity index (χ4v) is 2.02. The van der Waals surface area contributed by atoms with E-state index < -0.39 is 5.97 Å². The van der Waals surface area contributed by atoms with Gasteiger partial charge in [-0.15, -0.1) is 0 Å². The molecule has 0 radical (unpaired) electrons. The number of carboxylic acids is 1. The van der Waals surface area contributed by atoms with Gasteiger partial charge in [0.15, 0.2) is 0 Å². The van der Waals surface area contributed by atoms with Gasteiger partial charge in [0, 0.05) is 39.3 Å². The zero-order valence-corrected chi connectivity index (χ0v) is 12.4. The number of nitrogens with zero attached hydrogens (tertiary/aromatic N) is 2. The van der Waals surface area contributed by atoms with Crippen molar-refractivity contribution in [1.29, 1.82) is 0 Å². The number of carbonyl (C=O) groups excluding carboxylic acids is 2. The van der Waals surface area contributed by atoms with Crippen LogP contribution < -0.4 is 10.6 Å². The van der Waals surface area contributed by atoms with E-state index in [1.165, 1.54) is 0 Å². The van der Waals surface area contributed by atoms with Crippen LogP contribution in [0.3, 0.4) is 0 Å². The van der Waals surface area contributed by atoms with Gasteiger partial charge in [0.2, 0.25) is 5.91 Å². The van der Waals surface area contributed by atoms with Gasteiger partial charge in [0.05, 0.1) is 13.0 Å². The lowest BCUT2D eigenvalue weighted by Gasteiger charge is -2.34. The smallest absolute Gasteiger partial charge is 0.317 e. The van der Waals surface area contributed by atoms with E-state index in [0.29, 0.717) is 39.3 Å². The van der Waals surface area contributed by atoms with Crippen LogP contribution in [0.4, 0.5) is 4.79 Å². The van der Waals surface area contributed by atoms with Crippen LogP contribution in [-0.2, 0) is 9.59 Å². The third-order valence-corrected chi connectivity index (χ3v) is 3.27. The molecule has 0 unspecified atom stereocenters. The molecule has 21 heavy (non-hydrogen) atoms. The number of urea groups is 1. The van der Waals surface area contributed by atoms with Crippen molar-refractivity contribution in [1.82, 2.24) is 20.4 Å². The van der Waals surface area contributed by atoms with Crippen molar-refractivity contribution < 1.29 is 19.5 Å². The van der Waals surface area contributed by atoms with Crippen molar-refractivity contribution in [2.45, 2.75) is 19.8 Å². The van der Waals surface area contributed by atoms with Crippen LogP contribution in [0.1, 0.15) is 19.8 Å². The largest absolute Gasteiger partial charge is 0.481 e. The zero-order chi connectivity index (χ0) is 15.7. The summed E-state index contributed by atoms with van der Waals surface area (Å²) in [5.74, 6) is -1.00. The standard InChI is InChI=1S/C13H24N4O4/c1-2-4-14-11(18)10-15-13(21)17-8-6-16(7-9-17)5-3-12(19)20/h2-10H2,1H3,(H,14,18)(H,15,21)(H,19,20). The highest BCUT2D eigenvalue weighted by Crippen LogP contribution is 2.02. The van der Waals surface area contributed by atoms with E-state index >= 15 is 0 Å². The maximum Gasteiger partial charge on any atom is 0.317 e. The Bertz CT molecular complexity index is 367. The van der Waals surface area contributed by atoms with Gasteiger partial charge < -0.3 is 20.6 Å². The van der Waals surface area contributed by atoms with Crippen molar-refractivity contribution in [3.05, 3.63) is 0 Å². The molecule has 0 aromatic rings. The molecular formula is C13H24N4O4. The molecule has 1 fully saturated rings. The molecule has 3 amide bonds. The van der Waals surface area contributed by atoms with E-state index in [4.69, 9.17) is 5.11 Å². The molecule has 8 nitrogen and oxygen atoms in total. The Morgan fingerprint density at radius 2 is 1.76 bits per heavy atom. The molecule has 1 aliphatic heterocycles. The van der Waals surface area contributed by atoms with Crippen molar-refractivity contribution >= 4 is 17.9 Å². The molecule has 3 N–H and O–H groups in total. The van der Waals surface area contributed by atoms with Crippen molar-refractivity contribution in [3.63, 3.8) is 0 Å². The van der Waals surface area contributed by atoms with Crippen LogP contribution in [-0.4, -0.2) is 78.6 Å². The van der Waals surface area contributed by atoms with Crippen LogP contribution in [0.15, 0.2) is 0 Å². The second-order valence-electron chi connectivity index (χ2n) is 4.98. The van der Waals surface area contributed by atoms with Gasteiger partial charge in [0.1, 0.15) is 0 Å². The molecule has 0 spiro atoms. The molecule has 1 heterocycles. The lowest BCUT2D eigenvalue weighted by atomic mass is 10.3. The lowest BCUT2D eigenvalue weighted by Crippen LogP contribution is -2.53. The van der Waals surface area contributed by atoms with Gasteiger partial charge >= 0.3 is 12.0 Å². The Kier molecular flexibility index (Phi) is 7.52. The Morgan fingerprint density at radius 1 is 1.10 bits per heavy atom. The van der Waals surface area contributed by atoms with Gasteiger partial charge in [-0.2, -0.15) is 0 Å². The van der Waals surface area contributed by atoms with Crippen LogP contribution in [0.2, 0.25) is 0 Å². The molecule has 120 valence electrons. The number of piperazine rings is 1. The second-order valence-corrected chi connectivity index (χ2v) is 4.98. The predicted molar refractivity (Wildman–Crippen MR) is 77.0 cm³/mol. The monoisotopic (exact) mass is 300 g/mol. The fourth-order valence-electron chi connectivity index (χ4n) is 2.02. The summed E-state index contributed by atoms with van der Waals surface area (Å²) >= 11 is 0. The number of hydrogen-bond donors (Lipinski definition) is 3. The topological polar surface area (TPSA) is 102 Å². The summed E-state index contributed by atoms with van der Waals surface area (Å²) in [5, 5.41) is 13.9. The highest BCUT2D eigenvalue weighted by atomic mass is 16.4. The number of aliphatic carboxylic acids is 1. The van der Waals surface area contributed by atoms with Gasteiger partial charge in [-0.3, -0.25) is 14.5 Å². The summed E-state index contributed by atoms with van der Waals surface area (Å²) in [6, 6.07) is -0.250. The lowest BCUT2D eigenvalue weighted by molar-refractivity contribution is -0.137. The highest BCUT2D eigenvalue weighted by molar-refractivity contribution is 5.83. The minimum atomic E-state index is -0.812. The molecular weight excluding hydrogens is 276 g/mol. The third-order valence-electron chi connectivity index (χ3n) is 3.27. The van der Waals surface area contributed by atoms with E-state index in [9.17, 15) is 14.4 Å². The predicted octanol–water partition coefficient (Wildman–Crippen LogP) is -0.685. The van der Waals surface area contributed by atoms with E-state index in [1.807, 2.05) is 11.8 Å². The van der Waals surface area contributed by atoms with E-state index in [0.717, 1.165) is 6.42 Å². The van der Waals surface area contributed by atoms with Gasteiger partial charge in [-0.05, 0) is 6.42 Å². The van der Waals surface area contributed by atoms with Crippen LogP contribution in [0.5, 0.6) is 0 Å². The number of rotatable bonds is 7. The minimum absolute atomic E-state index is 0.0158. The maximum absolute atomic E-state index is 11.9. The summed E-state index contributed by atoms with van der Waals surface area (Å²) in [6.07, 6.45) is 0.974. The fraction of sp³-hybridized carbons (Fsp3) is 0.769. The molecule has 1 rings (SSSR count). The second kappa shape index (κ2) is 9.17. The highest BCUT2D eigenvalue weighted by Gasteiger charge is 2.21. The normalized spacial score (nSPS) is 15.6. The summed E-state index contributed by atoms with van der Waals surface area (Å²) in [5.41, 5.74) is 0. The number of amides is 3. The van der Waals surface area contributed by atoms with Crippen molar-refractivity contribution in [2.24, 2.45) is 0 Å². The van der Waals surface area contributed by atoms with E-state index in [2.05, 4.69) is 10.6 Å². The molecule has 1 saturated heterocycles. The average Bonchev–Trinajstić information content (AvgIpc) is 2.49. The van der Waals surface area contributed by atoms with E-state index in [1.54, 1.807) is 4.90 Å². The first-order chi connectivity index (χ1) is 10.0. The van der Waals surface area contributed by atoms with Crippen molar-refractivity contribution in [2.75, 3.05) is 45.8 Å². The summed E-state index contributed by atoms with van der Waals surface area (Å²) in [7, 11) is 0. The summed E-state index contributed by atoms with van der Waals surface area (Å²) in [6.45, 7) is 5.46. The van der Waals surface area contributed by atoms with Crippen LogP contribution in [0, 0.1) is 0 Å². The van der Waals surface area contributed by atoms with Crippen LogP contribution in [0.25, 0.3) is 0 Å². The molecule has 0 aromatic carbocycles. The maximum atomic E-state index is 11.9. The number of carbonyl (C=O) groups is 3. The molecule has 1 aliphatic rings. The first-order valence-corrected chi connectivity index (χ1v) is 7.26. The number of hydrogen-bond acceptors (Lipinski definition) is 4. The minimum Gasteiger partial charge on any atom is -0.481 e. The van der Waals surface area contributed by atoms with Gasteiger partial charge in [0.25, 0.3) is 0 Å². The third kappa shape index (κ3) is 6.94. The summed E-state index contributed by atoms with van der Waals surface area (Å²) in [4.78, 5) is 37.4. The molecule has 8 heteroatoms. The molecule has 0 aromatic heterocycles. The average molecular weight is 300 g/mol. The first kappa shape index (κ1) is 17.2. The van der Waals surface area contributed by atoms with Gasteiger partial charge in [-0.25, -0.2) is 4.79 Å². The number of nitrogens with one attached hydrogen (secondary N) is 2. The van der Waals surface area contributed by atoms with E-state index in [-0.39, 0.29) is 24.9 Å². The molecule has 0 saturated carbocycles.